The van der Waals surface area contributed by atoms with Crippen molar-refractivity contribution in [1.82, 2.24) is 14.5 Å². The summed E-state index contributed by atoms with van der Waals surface area (Å²) in [4.78, 5) is 46.8. The van der Waals surface area contributed by atoms with Crippen molar-refractivity contribution in [2.24, 2.45) is 0 Å². The van der Waals surface area contributed by atoms with Gasteiger partial charge in [-0.2, -0.15) is 0 Å². The second-order valence-electron chi connectivity index (χ2n) is 6.89. The van der Waals surface area contributed by atoms with Crippen LogP contribution in [0.25, 0.3) is 21.1 Å². The van der Waals surface area contributed by atoms with Gasteiger partial charge in [0.05, 0.1) is 11.7 Å². The number of Topliss-reactive ketones (excluding diaryl/α,β-unsaturated/α-hetero) is 1. The van der Waals surface area contributed by atoms with E-state index in [0.29, 0.717) is 15.8 Å². The van der Waals surface area contributed by atoms with Crippen molar-refractivity contribution in [3.05, 3.63) is 63.1 Å². The molecule has 0 amide bonds. The molecule has 0 aliphatic rings. The van der Waals surface area contributed by atoms with Crippen molar-refractivity contribution in [3.63, 3.8) is 0 Å². The quantitative estimate of drug-likeness (QED) is 0.403. The van der Waals surface area contributed by atoms with Gasteiger partial charge in [0.2, 0.25) is 5.78 Å². The minimum Gasteiger partial charge on any atom is -0.453 e. The summed E-state index contributed by atoms with van der Waals surface area (Å²) in [5.74, 6) is -0.973. The third-order valence-corrected chi connectivity index (χ3v) is 6.10. The molecular formula is C21H19N3O4S. The number of aromatic amines is 1. The second kappa shape index (κ2) is 7.29. The van der Waals surface area contributed by atoms with Crippen molar-refractivity contribution in [2.45, 2.75) is 33.4 Å². The zero-order valence-electron chi connectivity index (χ0n) is 16.2. The molecule has 0 aliphatic carbocycles. The maximum Gasteiger partial charge on any atom is 0.326 e. The fraction of sp³-hybridized carbons (Fsp3) is 0.238. The lowest BCUT2D eigenvalue weighted by Gasteiger charge is -2.12. The van der Waals surface area contributed by atoms with Crippen LogP contribution in [0.15, 0.2) is 41.6 Å². The van der Waals surface area contributed by atoms with Crippen molar-refractivity contribution in [2.75, 3.05) is 0 Å². The van der Waals surface area contributed by atoms with Crippen LogP contribution in [0.5, 0.6) is 0 Å². The number of aryl methyl sites for hydroxylation is 2. The van der Waals surface area contributed by atoms with E-state index < -0.39 is 12.1 Å². The molecule has 0 spiro atoms. The average molecular weight is 409 g/mol. The minimum atomic E-state index is -0.973. The molecule has 0 radical (unpaired) electrons. The lowest BCUT2D eigenvalue weighted by molar-refractivity contribution is -0.147. The van der Waals surface area contributed by atoms with Gasteiger partial charge in [-0.15, -0.1) is 11.3 Å². The maximum atomic E-state index is 12.7. The number of aromatic nitrogens is 3. The molecule has 0 aliphatic heterocycles. The first-order valence-electron chi connectivity index (χ1n) is 9.11. The van der Waals surface area contributed by atoms with Crippen LogP contribution in [0.2, 0.25) is 0 Å². The summed E-state index contributed by atoms with van der Waals surface area (Å²) < 4.78 is 6.52. The summed E-state index contributed by atoms with van der Waals surface area (Å²) in [6, 6.07) is 7.41. The van der Waals surface area contributed by atoms with Crippen LogP contribution in [0, 0.1) is 13.8 Å². The normalized spacial score (nSPS) is 12.4. The highest BCUT2D eigenvalue weighted by Gasteiger charge is 2.23. The second-order valence-corrected chi connectivity index (χ2v) is 8.09. The number of carbonyl (C=O) groups is 2. The first-order valence-corrected chi connectivity index (χ1v) is 9.93. The SMILES string of the molecule is Cc1sc2ncn(CC(=O)O[C@@H](C)C(=O)c3c[nH]c4ccccc34)c(=O)c2c1C. The summed E-state index contributed by atoms with van der Waals surface area (Å²) in [5.41, 5.74) is 1.88. The molecule has 3 heterocycles. The third kappa shape index (κ3) is 3.36. The number of para-hydroxylation sites is 1. The predicted octanol–water partition coefficient (Wildman–Crippen LogP) is 3.37. The Balaban J connectivity index is 1.52. The number of hydrogen-bond donors (Lipinski definition) is 1. The van der Waals surface area contributed by atoms with Gasteiger partial charge in [-0.05, 0) is 32.4 Å². The van der Waals surface area contributed by atoms with E-state index in [1.807, 2.05) is 38.1 Å². The molecule has 4 rings (SSSR count). The highest BCUT2D eigenvalue weighted by atomic mass is 32.1. The zero-order valence-corrected chi connectivity index (χ0v) is 17.0. The van der Waals surface area contributed by atoms with E-state index >= 15 is 0 Å². The Morgan fingerprint density at radius 2 is 2.03 bits per heavy atom. The van der Waals surface area contributed by atoms with E-state index in [0.717, 1.165) is 21.3 Å². The molecule has 0 saturated heterocycles. The largest absolute Gasteiger partial charge is 0.453 e. The van der Waals surface area contributed by atoms with E-state index in [2.05, 4.69) is 9.97 Å². The summed E-state index contributed by atoms with van der Waals surface area (Å²) in [6.45, 7) is 5.01. The highest BCUT2D eigenvalue weighted by molar-refractivity contribution is 7.18. The first-order chi connectivity index (χ1) is 13.9. The number of fused-ring (bicyclic) bond motifs is 2. The zero-order chi connectivity index (χ0) is 20.7. The van der Waals surface area contributed by atoms with E-state index in [9.17, 15) is 14.4 Å². The molecule has 1 aromatic carbocycles. The van der Waals surface area contributed by atoms with Crippen LogP contribution in [0.1, 0.15) is 27.7 Å². The summed E-state index contributed by atoms with van der Waals surface area (Å²) in [5, 5.41) is 1.29. The fourth-order valence-electron chi connectivity index (χ4n) is 3.30. The van der Waals surface area contributed by atoms with Gasteiger partial charge >= 0.3 is 5.97 Å². The smallest absolute Gasteiger partial charge is 0.326 e. The van der Waals surface area contributed by atoms with Crippen LogP contribution in [-0.4, -0.2) is 32.4 Å². The summed E-state index contributed by atoms with van der Waals surface area (Å²) in [6.07, 6.45) is 1.98. The lowest BCUT2D eigenvalue weighted by Crippen LogP contribution is -2.30. The number of benzene rings is 1. The minimum absolute atomic E-state index is 0.288. The fourth-order valence-corrected chi connectivity index (χ4v) is 4.29. The van der Waals surface area contributed by atoms with Crippen LogP contribution < -0.4 is 5.56 Å². The molecule has 7 nitrogen and oxygen atoms in total. The van der Waals surface area contributed by atoms with Gasteiger partial charge in [-0.25, -0.2) is 4.98 Å². The number of nitrogens with one attached hydrogen (secondary N) is 1. The van der Waals surface area contributed by atoms with Gasteiger partial charge in [0.1, 0.15) is 11.4 Å². The van der Waals surface area contributed by atoms with Gasteiger partial charge < -0.3 is 9.72 Å². The number of ether oxygens (including phenoxy) is 1. The number of rotatable bonds is 5. The van der Waals surface area contributed by atoms with Gasteiger partial charge in [0, 0.05) is 27.5 Å². The number of nitrogens with zero attached hydrogens (tertiary/aromatic N) is 2. The van der Waals surface area contributed by atoms with E-state index in [4.69, 9.17) is 4.74 Å². The molecule has 4 aromatic rings. The summed E-state index contributed by atoms with van der Waals surface area (Å²) >= 11 is 1.45. The Kier molecular flexibility index (Phi) is 4.79. The van der Waals surface area contributed by atoms with Gasteiger partial charge in [0.25, 0.3) is 5.56 Å². The molecule has 29 heavy (non-hydrogen) atoms. The molecule has 0 fully saturated rings. The lowest BCUT2D eigenvalue weighted by atomic mass is 10.1. The molecule has 8 heteroatoms. The molecule has 1 N–H and O–H groups in total. The van der Waals surface area contributed by atoms with Gasteiger partial charge in [0.15, 0.2) is 6.10 Å². The van der Waals surface area contributed by atoms with Crippen molar-refractivity contribution >= 4 is 44.2 Å². The van der Waals surface area contributed by atoms with Crippen molar-refractivity contribution in [3.8, 4) is 0 Å². The van der Waals surface area contributed by atoms with Crippen molar-refractivity contribution in [1.29, 1.82) is 0 Å². The number of thiophene rings is 1. The number of H-pyrrole nitrogens is 1. The molecule has 3 aromatic heterocycles. The van der Waals surface area contributed by atoms with Crippen LogP contribution in [0.4, 0.5) is 0 Å². The number of esters is 1. The monoisotopic (exact) mass is 409 g/mol. The predicted molar refractivity (Wildman–Crippen MR) is 112 cm³/mol. The Morgan fingerprint density at radius 3 is 2.83 bits per heavy atom. The molecule has 148 valence electrons. The highest BCUT2D eigenvalue weighted by Crippen LogP contribution is 2.25. The average Bonchev–Trinajstić information content (AvgIpc) is 3.25. The Hall–Kier alpha value is -3.26. The van der Waals surface area contributed by atoms with E-state index in [1.54, 1.807) is 6.20 Å². The molecule has 0 unspecified atom stereocenters. The van der Waals surface area contributed by atoms with E-state index in [1.165, 1.54) is 29.2 Å². The maximum absolute atomic E-state index is 12.7. The summed E-state index contributed by atoms with van der Waals surface area (Å²) in [7, 11) is 0. The van der Waals surface area contributed by atoms with Crippen LogP contribution in [0.3, 0.4) is 0 Å². The Bertz CT molecular complexity index is 1310. The first kappa shape index (κ1) is 19.1. The van der Waals surface area contributed by atoms with Gasteiger partial charge in [-0.1, -0.05) is 18.2 Å². The molecule has 1 atom stereocenters. The van der Waals surface area contributed by atoms with Gasteiger partial charge in [-0.3, -0.25) is 19.0 Å². The van der Waals surface area contributed by atoms with Crippen LogP contribution in [-0.2, 0) is 16.1 Å². The third-order valence-electron chi connectivity index (χ3n) is 4.99. The topological polar surface area (TPSA) is 94.1 Å². The number of ketones is 1. The number of hydrogen-bond acceptors (Lipinski definition) is 6. The molecule has 0 saturated carbocycles. The standard InChI is InChI=1S/C21H19N3O4S/c1-11-13(3)29-20-18(11)21(27)24(10-23-20)9-17(25)28-12(2)19(26)15-8-22-16-7-5-4-6-14(15)16/h4-8,10,12,22H,9H2,1-3H3/t12-/m0/s1. The Labute approximate surface area is 170 Å². The molecular weight excluding hydrogens is 390 g/mol. The van der Waals surface area contributed by atoms with Crippen molar-refractivity contribution < 1.29 is 14.3 Å². The number of carbonyl (C=O) groups excluding carboxylic acids is 2. The van der Waals surface area contributed by atoms with E-state index in [-0.39, 0.29) is 17.9 Å². The van der Waals surface area contributed by atoms with Crippen LogP contribution >= 0.6 is 11.3 Å². The Morgan fingerprint density at radius 1 is 1.28 bits per heavy atom. The molecule has 0 bridgehead atoms.